The molecule has 1 spiro atoms. The number of amides is 5. The average molecular weight is 433 g/mol. The normalized spacial score (nSPS) is 21.2. The summed E-state index contributed by atoms with van der Waals surface area (Å²) >= 11 is 0. The van der Waals surface area contributed by atoms with Crippen molar-refractivity contribution < 1.29 is 28.7 Å². The third-order valence-electron chi connectivity index (χ3n) is 6.17. The molecule has 0 aromatic heterocycles. The Hall–Kier alpha value is -4.01. The lowest BCUT2D eigenvalue weighted by Gasteiger charge is -2.22. The van der Waals surface area contributed by atoms with Gasteiger partial charge >= 0.3 is 12.0 Å². The number of carbonyl (C=O) groups is 5. The van der Waals surface area contributed by atoms with Crippen LogP contribution in [0.3, 0.4) is 0 Å². The maximum atomic E-state index is 13.1. The lowest BCUT2D eigenvalue weighted by Crippen LogP contribution is -2.42. The Morgan fingerprint density at radius 1 is 0.938 bits per heavy atom. The third-order valence-corrected chi connectivity index (χ3v) is 6.17. The van der Waals surface area contributed by atoms with Crippen LogP contribution in [0.15, 0.2) is 48.5 Å². The maximum absolute atomic E-state index is 13.1. The van der Waals surface area contributed by atoms with E-state index in [1.807, 2.05) is 24.3 Å². The predicted molar refractivity (Wildman–Crippen MR) is 109 cm³/mol. The summed E-state index contributed by atoms with van der Waals surface area (Å²) in [6.07, 6.45) is 1.09. The van der Waals surface area contributed by atoms with Crippen LogP contribution in [0.1, 0.15) is 38.3 Å². The van der Waals surface area contributed by atoms with Crippen LogP contribution < -0.4 is 5.32 Å². The first kappa shape index (κ1) is 19.9. The second-order valence-corrected chi connectivity index (χ2v) is 7.91. The van der Waals surface area contributed by atoms with Gasteiger partial charge in [-0.15, -0.1) is 0 Å². The van der Waals surface area contributed by atoms with Crippen molar-refractivity contribution in [3.05, 3.63) is 70.8 Å². The number of esters is 1. The molecule has 1 aliphatic carbocycles. The molecule has 2 aliphatic heterocycles. The van der Waals surface area contributed by atoms with Crippen LogP contribution in [0.4, 0.5) is 4.79 Å². The lowest BCUT2D eigenvalue weighted by molar-refractivity contribution is -0.148. The van der Waals surface area contributed by atoms with Gasteiger partial charge in [-0.25, -0.2) is 4.79 Å². The zero-order chi connectivity index (χ0) is 22.5. The molecular formula is C23H19N3O6. The van der Waals surface area contributed by atoms with E-state index in [1.54, 1.807) is 24.3 Å². The fraction of sp³-hybridized carbons (Fsp3) is 0.261. The molecule has 5 rings (SSSR count). The van der Waals surface area contributed by atoms with Crippen molar-refractivity contribution in [2.75, 3.05) is 19.7 Å². The van der Waals surface area contributed by atoms with Crippen molar-refractivity contribution >= 4 is 29.7 Å². The van der Waals surface area contributed by atoms with Gasteiger partial charge in [-0.3, -0.25) is 29.0 Å². The zero-order valence-corrected chi connectivity index (χ0v) is 17.0. The summed E-state index contributed by atoms with van der Waals surface area (Å²) in [4.78, 5) is 64.4. The molecule has 2 aromatic rings. The number of rotatable bonds is 5. The summed E-state index contributed by atoms with van der Waals surface area (Å²) in [5.41, 5.74) is 1.22. The minimum absolute atomic E-state index is 0.116. The Balaban J connectivity index is 1.20. The van der Waals surface area contributed by atoms with E-state index in [0.717, 1.165) is 20.9 Å². The van der Waals surface area contributed by atoms with Crippen LogP contribution in [0, 0.1) is 0 Å². The van der Waals surface area contributed by atoms with Gasteiger partial charge in [0.15, 0.2) is 0 Å². The lowest BCUT2D eigenvalue weighted by atomic mass is 9.92. The number of nitrogens with zero attached hydrogens (tertiary/aromatic N) is 2. The number of ether oxygens (including phenoxy) is 1. The molecule has 3 aliphatic rings. The highest BCUT2D eigenvalue weighted by molar-refractivity contribution is 6.21. The van der Waals surface area contributed by atoms with Gasteiger partial charge in [0.2, 0.25) is 0 Å². The number of fused-ring (bicyclic) bond motifs is 3. The number of hydrogen-bond donors (Lipinski definition) is 1. The predicted octanol–water partition coefficient (Wildman–Crippen LogP) is 1.22. The quantitative estimate of drug-likeness (QED) is 0.431. The fourth-order valence-corrected chi connectivity index (χ4v) is 4.60. The van der Waals surface area contributed by atoms with Gasteiger partial charge in [0.1, 0.15) is 18.7 Å². The number of benzene rings is 2. The Morgan fingerprint density at radius 2 is 1.59 bits per heavy atom. The van der Waals surface area contributed by atoms with Crippen LogP contribution >= 0.6 is 0 Å². The Kier molecular flexibility index (Phi) is 4.54. The van der Waals surface area contributed by atoms with Crippen molar-refractivity contribution in [1.29, 1.82) is 0 Å². The number of carbonyl (C=O) groups excluding carboxylic acids is 5. The average Bonchev–Trinajstić information content (AvgIpc) is 3.37. The van der Waals surface area contributed by atoms with Crippen LogP contribution in [0.2, 0.25) is 0 Å². The minimum Gasteiger partial charge on any atom is -0.462 e. The van der Waals surface area contributed by atoms with Crippen LogP contribution in [0.25, 0.3) is 0 Å². The number of aryl methyl sites for hydroxylation is 1. The minimum atomic E-state index is -1.14. The number of hydrogen-bond acceptors (Lipinski definition) is 6. The molecule has 9 nitrogen and oxygen atoms in total. The molecule has 0 radical (unpaired) electrons. The van der Waals surface area contributed by atoms with Gasteiger partial charge in [0.05, 0.1) is 17.7 Å². The fourth-order valence-electron chi connectivity index (χ4n) is 4.60. The van der Waals surface area contributed by atoms with E-state index in [4.69, 9.17) is 4.74 Å². The van der Waals surface area contributed by atoms with Crippen molar-refractivity contribution in [3.63, 3.8) is 0 Å². The molecular weight excluding hydrogens is 414 g/mol. The van der Waals surface area contributed by atoms with Gasteiger partial charge in [-0.1, -0.05) is 36.4 Å². The number of imide groups is 2. The molecule has 0 bridgehead atoms. The smallest absolute Gasteiger partial charge is 0.326 e. The third kappa shape index (κ3) is 2.89. The Morgan fingerprint density at radius 3 is 2.31 bits per heavy atom. The highest BCUT2D eigenvalue weighted by Gasteiger charge is 2.55. The summed E-state index contributed by atoms with van der Waals surface area (Å²) in [5, 5.41) is 2.75. The summed E-state index contributed by atoms with van der Waals surface area (Å²) in [6.45, 7) is -0.895. The molecule has 162 valence electrons. The summed E-state index contributed by atoms with van der Waals surface area (Å²) in [5.74, 6) is -2.17. The first-order valence-electron chi connectivity index (χ1n) is 10.3. The molecule has 2 aromatic carbocycles. The first-order chi connectivity index (χ1) is 15.4. The molecule has 0 saturated carbocycles. The van der Waals surface area contributed by atoms with Crippen molar-refractivity contribution in [2.45, 2.75) is 18.4 Å². The first-order valence-corrected chi connectivity index (χ1v) is 10.3. The van der Waals surface area contributed by atoms with Gasteiger partial charge in [-0.05, 0) is 36.1 Å². The van der Waals surface area contributed by atoms with E-state index < -0.39 is 41.8 Å². The largest absolute Gasteiger partial charge is 0.462 e. The van der Waals surface area contributed by atoms with Crippen LogP contribution in [-0.4, -0.2) is 59.2 Å². The summed E-state index contributed by atoms with van der Waals surface area (Å²) in [6, 6.07) is 13.2. The molecule has 9 heteroatoms. The van der Waals surface area contributed by atoms with Gasteiger partial charge in [-0.2, -0.15) is 0 Å². The number of nitrogens with one attached hydrogen (secondary N) is 1. The van der Waals surface area contributed by atoms with Gasteiger partial charge < -0.3 is 10.1 Å². The Bertz CT molecular complexity index is 1160. The molecule has 1 fully saturated rings. The Labute approximate surface area is 182 Å². The van der Waals surface area contributed by atoms with Crippen LogP contribution in [0.5, 0.6) is 0 Å². The highest BCUT2D eigenvalue weighted by Crippen LogP contribution is 2.41. The summed E-state index contributed by atoms with van der Waals surface area (Å²) < 4.78 is 5.12. The molecule has 2 heterocycles. The molecule has 1 N–H and O–H groups in total. The SMILES string of the molecule is O=C(CN1C(=O)NC2(CCc3ccccc32)C1=O)OCCN1C(=O)c2ccccc2C1=O. The van der Waals surface area contributed by atoms with Crippen molar-refractivity contribution in [3.8, 4) is 0 Å². The topological polar surface area (TPSA) is 113 Å². The van der Waals surface area contributed by atoms with Crippen molar-refractivity contribution in [2.24, 2.45) is 0 Å². The van der Waals surface area contributed by atoms with E-state index >= 15 is 0 Å². The molecule has 1 unspecified atom stereocenters. The standard InChI is InChI=1S/C23H19N3O6/c27-18(32-12-11-25-19(28)15-6-2-3-7-16(15)20(25)29)13-26-21(30)23(24-22(26)31)10-9-14-5-1-4-8-17(14)23/h1-8H,9-13H2,(H,24,31). The molecule has 5 amide bonds. The number of urea groups is 1. The molecule has 32 heavy (non-hydrogen) atoms. The highest BCUT2D eigenvalue weighted by atomic mass is 16.5. The zero-order valence-electron chi connectivity index (χ0n) is 17.0. The second-order valence-electron chi connectivity index (χ2n) is 7.91. The molecule has 1 saturated heterocycles. The second kappa shape index (κ2) is 7.30. The van der Waals surface area contributed by atoms with Crippen molar-refractivity contribution in [1.82, 2.24) is 15.1 Å². The molecule has 1 atom stereocenters. The summed E-state index contributed by atoms with van der Waals surface area (Å²) in [7, 11) is 0. The van der Waals surface area contributed by atoms with Gasteiger partial charge in [0, 0.05) is 0 Å². The maximum Gasteiger partial charge on any atom is 0.326 e. The van der Waals surface area contributed by atoms with E-state index in [1.165, 1.54) is 0 Å². The van der Waals surface area contributed by atoms with E-state index in [-0.39, 0.29) is 13.2 Å². The van der Waals surface area contributed by atoms with Crippen LogP contribution in [-0.2, 0) is 26.3 Å². The van der Waals surface area contributed by atoms with E-state index in [2.05, 4.69) is 5.32 Å². The van der Waals surface area contributed by atoms with E-state index in [0.29, 0.717) is 24.0 Å². The van der Waals surface area contributed by atoms with E-state index in [9.17, 15) is 24.0 Å². The monoisotopic (exact) mass is 433 g/mol. The van der Waals surface area contributed by atoms with Gasteiger partial charge in [0.25, 0.3) is 17.7 Å².